The number of carbonyl (C=O) groups excluding carboxylic acids is 1. The molecule has 1 rings (SSSR count). The molecule has 0 fully saturated rings. The van der Waals surface area contributed by atoms with Crippen molar-refractivity contribution in [1.82, 2.24) is 5.32 Å². The Morgan fingerprint density at radius 2 is 1.79 bits per heavy atom. The fourth-order valence-corrected chi connectivity index (χ4v) is 2.26. The summed E-state index contributed by atoms with van der Waals surface area (Å²) < 4.78 is 72.6. The fraction of sp³-hybridized carbons (Fsp3) is 0.462. The van der Waals surface area contributed by atoms with Crippen LogP contribution in [0.4, 0.5) is 17.6 Å². The molecular formula is C13H16F4N2O4S. The van der Waals surface area contributed by atoms with Crippen LogP contribution in [0.2, 0.25) is 0 Å². The topological polar surface area (TPSA) is 109 Å². The van der Waals surface area contributed by atoms with Crippen molar-refractivity contribution >= 4 is 15.9 Å². The number of nitrogens with two attached hydrogens (primary N) is 1. The Balaban J connectivity index is 2.90. The summed E-state index contributed by atoms with van der Waals surface area (Å²) in [7, 11) is -3.97. The monoisotopic (exact) mass is 372 g/mol. The van der Waals surface area contributed by atoms with Gasteiger partial charge in [-0.2, -0.15) is 13.2 Å². The van der Waals surface area contributed by atoms with Crippen LogP contribution < -0.4 is 10.5 Å². The Morgan fingerprint density at radius 1 is 1.29 bits per heavy atom. The molecule has 0 unspecified atom stereocenters. The predicted octanol–water partition coefficient (Wildman–Crippen LogP) is 1.02. The van der Waals surface area contributed by atoms with Gasteiger partial charge < -0.3 is 10.4 Å². The summed E-state index contributed by atoms with van der Waals surface area (Å²) in [5, 5.41) is 16.7. The van der Waals surface area contributed by atoms with E-state index in [0.29, 0.717) is 6.92 Å². The van der Waals surface area contributed by atoms with E-state index in [1.54, 1.807) is 5.32 Å². The highest BCUT2D eigenvalue weighted by Gasteiger charge is 2.42. The van der Waals surface area contributed by atoms with Crippen molar-refractivity contribution in [3.63, 3.8) is 0 Å². The Labute approximate surface area is 135 Å². The lowest BCUT2D eigenvalue weighted by atomic mass is 10.0. The van der Waals surface area contributed by atoms with Gasteiger partial charge in [0.2, 0.25) is 15.9 Å². The molecule has 0 saturated carbocycles. The summed E-state index contributed by atoms with van der Waals surface area (Å²) in [6, 6.07) is 2.70. The van der Waals surface area contributed by atoms with Crippen LogP contribution in [-0.2, 0) is 14.8 Å². The van der Waals surface area contributed by atoms with E-state index < -0.39 is 46.8 Å². The van der Waals surface area contributed by atoms with Crippen LogP contribution >= 0.6 is 0 Å². The Kier molecular flexibility index (Phi) is 6.31. The Bertz CT molecular complexity index is 676. The molecule has 0 radical (unpaired) electrons. The van der Waals surface area contributed by atoms with Crippen molar-refractivity contribution in [2.75, 3.05) is 6.67 Å². The number of primary sulfonamides is 1. The summed E-state index contributed by atoms with van der Waals surface area (Å²) in [6.45, 7) is -0.716. The van der Waals surface area contributed by atoms with Gasteiger partial charge in [0.1, 0.15) is 18.7 Å². The first-order chi connectivity index (χ1) is 10.9. The van der Waals surface area contributed by atoms with Crippen LogP contribution in [0.5, 0.6) is 0 Å². The van der Waals surface area contributed by atoms with E-state index in [9.17, 15) is 35.9 Å². The number of nitrogens with one attached hydrogen (secondary N) is 1. The average molecular weight is 372 g/mol. The van der Waals surface area contributed by atoms with Gasteiger partial charge in [-0.1, -0.05) is 12.1 Å². The SMILES string of the molecule is C[C@H](C(=O)N[C@H](CF)[C@H](O)c1ccc(S(N)(=O)=O)cc1)C(F)(F)F. The van der Waals surface area contributed by atoms with Crippen LogP contribution in [0.3, 0.4) is 0 Å². The molecule has 3 atom stereocenters. The molecule has 0 aliphatic heterocycles. The molecule has 0 heterocycles. The first kappa shape index (κ1) is 20.3. The van der Waals surface area contributed by atoms with E-state index in [2.05, 4.69) is 0 Å². The van der Waals surface area contributed by atoms with Crippen molar-refractivity contribution in [3.8, 4) is 0 Å². The number of rotatable bonds is 6. The van der Waals surface area contributed by atoms with Crippen molar-refractivity contribution in [3.05, 3.63) is 29.8 Å². The first-order valence-electron chi connectivity index (χ1n) is 6.61. The molecule has 1 aromatic carbocycles. The number of alkyl halides is 4. The number of amides is 1. The number of aliphatic hydroxyl groups excluding tert-OH is 1. The van der Waals surface area contributed by atoms with Crippen LogP contribution in [0.25, 0.3) is 0 Å². The van der Waals surface area contributed by atoms with Gasteiger partial charge in [0, 0.05) is 0 Å². The van der Waals surface area contributed by atoms with Gasteiger partial charge in [-0.15, -0.1) is 0 Å². The molecular weight excluding hydrogens is 356 g/mol. The maximum Gasteiger partial charge on any atom is 0.400 e. The van der Waals surface area contributed by atoms with Gasteiger partial charge in [0.15, 0.2) is 0 Å². The second kappa shape index (κ2) is 7.45. The predicted molar refractivity (Wildman–Crippen MR) is 75.9 cm³/mol. The molecule has 1 aromatic rings. The van der Waals surface area contributed by atoms with Gasteiger partial charge in [0.05, 0.1) is 10.9 Å². The third-order valence-corrected chi connectivity index (χ3v) is 4.24. The normalized spacial score (nSPS) is 16.3. The highest BCUT2D eigenvalue weighted by atomic mass is 32.2. The van der Waals surface area contributed by atoms with E-state index in [1.807, 2.05) is 0 Å². The summed E-state index contributed by atoms with van der Waals surface area (Å²) in [4.78, 5) is 11.2. The second-order valence-corrected chi connectivity index (χ2v) is 6.65. The van der Waals surface area contributed by atoms with Crippen molar-refractivity contribution in [2.45, 2.75) is 30.1 Å². The van der Waals surface area contributed by atoms with E-state index >= 15 is 0 Å². The minimum absolute atomic E-state index is 0.00464. The zero-order valence-corrected chi connectivity index (χ0v) is 13.2. The molecule has 11 heteroatoms. The van der Waals surface area contributed by atoms with Crippen molar-refractivity contribution < 1.29 is 35.9 Å². The smallest absolute Gasteiger partial charge is 0.386 e. The molecule has 0 aliphatic carbocycles. The fourth-order valence-electron chi connectivity index (χ4n) is 1.75. The van der Waals surface area contributed by atoms with Crippen molar-refractivity contribution in [1.29, 1.82) is 0 Å². The van der Waals surface area contributed by atoms with Gasteiger partial charge in [-0.3, -0.25) is 4.79 Å². The summed E-state index contributed by atoms with van der Waals surface area (Å²) >= 11 is 0. The van der Waals surface area contributed by atoms with Crippen LogP contribution in [0.15, 0.2) is 29.2 Å². The summed E-state index contributed by atoms with van der Waals surface area (Å²) in [5.74, 6) is -3.85. The Hall–Kier alpha value is -1.72. The van der Waals surface area contributed by atoms with Gasteiger partial charge >= 0.3 is 6.18 Å². The lowest BCUT2D eigenvalue weighted by Gasteiger charge is -2.24. The first-order valence-corrected chi connectivity index (χ1v) is 8.16. The van der Waals surface area contributed by atoms with Crippen LogP contribution in [0.1, 0.15) is 18.6 Å². The molecule has 4 N–H and O–H groups in total. The van der Waals surface area contributed by atoms with E-state index in [0.717, 1.165) is 24.3 Å². The molecule has 6 nitrogen and oxygen atoms in total. The zero-order valence-electron chi connectivity index (χ0n) is 12.4. The molecule has 0 aliphatic rings. The maximum atomic E-state index is 13.0. The van der Waals surface area contributed by atoms with Gasteiger partial charge in [0.25, 0.3) is 0 Å². The average Bonchev–Trinajstić information content (AvgIpc) is 2.49. The highest BCUT2D eigenvalue weighted by Crippen LogP contribution is 2.26. The Morgan fingerprint density at radius 3 is 2.17 bits per heavy atom. The number of hydrogen-bond donors (Lipinski definition) is 3. The maximum absolute atomic E-state index is 13.0. The molecule has 0 bridgehead atoms. The number of benzene rings is 1. The van der Waals surface area contributed by atoms with Crippen LogP contribution in [0, 0.1) is 5.92 Å². The van der Waals surface area contributed by atoms with Gasteiger partial charge in [-0.25, -0.2) is 17.9 Å². The third kappa shape index (κ3) is 5.14. The summed E-state index contributed by atoms with van der Waals surface area (Å²) in [5.41, 5.74) is 0.00464. The molecule has 24 heavy (non-hydrogen) atoms. The number of carbonyl (C=O) groups is 1. The standard InChI is InChI=1S/C13H16F4N2O4S/c1-7(13(15,16)17)12(21)19-10(6-14)11(20)8-2-4-9(5-3-8)24(18,22)23/h2-5,7,10-11,20H,6H2,1H3,(H,19,21)(H2,18,22,23)/t7-,10-,11-/m1/s1. The quantitative estimate of drug-likeness (QED) is 0.648. The second-order valence-electron chi connectivity index (χ2n) is 5.09. The van der Waals surface area contributed by atoms with Crippen LogP contribution in [-0.4, -0.2) is 38.3 Å². The van der Waals surface area contributed by atoms with E-state index in [1.165, 1.54) is 0 Å². The number of hydrogen-bond acceptors (Lipinski definition) is 4. The highest BCUT2D eigenvalue weighted by molar-refractivity contribution is 7.89. The minimum Gasteiger partial charge on any atom is -0.386 e. The number of halogens is 4. The van der Waals surface area contributed by atoms with E-state index in [4.69, 9.17) is 5.14 Å². The number of aliphatic hydroxyl groups is 1. The minimum atomic E-state index is -4.80. The van der Waals surface area contributed by atoms with E-state index in [-0.39, 0.29) is 10.5 Å². The summed E-state index contributed by atoms with van der Waals surface area (Å²) in [6.07, 6.45) is -6.47. The molecule has 0 spiro atoms. The lowest BCUT2D eigenvalue weighted by Crippen LogP contribution is -2.46. The number of sulfonamides is 1. The molecule has 136 valence electrons. The molecule has 0 aromatic heterocycles. The lowest BCUT2D eigenvalue weighted by molar-refractivity contribution is -0.179. The molecule has 1 amide bonds. The van der Waals surface area contributed by atoms with Gasteiger partial charge in [-0.05, 0) is 24.6 Å². The zero-order chi connectivity index (χ0) is 18.7. The largest absolute Gasteiger partial charge is 0.400 e. The molecule has 0 saturated heterocycles. The van der Waals surface area contributed by atoms with Crippen molar-refractivity contribution in [2.24, 2.45) is 11.1 Å². The third-order valence-electron chi connectivity index (χ3n) is 3.31.